The Bertz CT molecular complexity index is 568. The SMILES string of the molecule is Nc1ccccc1Oc1cn[nH]c(=O)c1Cl. The number of hydrogen-bond donors (Lipinski definition) is 2. The van der Waals surface area contributed by atoms with Crippen molar-refractivity contribution < 1.29 is 4.74 Å². The average Bonchev–Trinajstić information content (AvgIpc) is 2.28. The molecule has 82 valence electrons. The van der Waals surface area contributed by atoms with Crippen molar-refractivity contribution >= 4 is 17.3 Å². The first-order valence-electron chi connectivity index (χ1n) is 4.44. The number of nitrogen functional groups attached to an aromatic ring is 1. The summed E-state index contributed by atoms with van der Waals surface area (Å²) in [5, 5.41) is 5.72. The number of nitrogens with zero attached hydrogens (tertiary/aromatic N) is 1. The molecule has 0 aliphatic heterocycles. The van der Waals surface area contributed by atoms with E-state index in [0.29, 0.717) is 11.4 Å². The number of nitrogens with one attached hydrogen (secondary N) is 1. The van der Waals surface area contributed by atoms with Crippen molar-refractivity contribution in [2.24, 2.45) is 0 Å². The summed E-state index contributed by atoms with van der Waals surface area (Å²) in [7, 11) is 0. The van der Waals surface area contributed by atoms with Crippen LogP contribution in [0.15, 0.2) is 35.3 Å². The predicted molar refractivity (Wildman–Crippen MR) is 60.8 cm³/mol. The van der Waals surface area contributed by atoms with E-state index in [2.05, 4.69) is 10.2 Å². The first-order valence-corrected chi connectivity index (χ1v) is 4.82. The summed E-state index contributed by atoms with van der Waals surface area (Å²) in [5.74, 6) is 0.597. The lowest BCUT2D eigenvalue weighted by Crippen LogP contribution is -2.08. The van der Waals surface area contributed by atoms with Crippen LogP contribution in [0.25, 0.3) is 0 Å². The molecular formula is C10H8ClN3O2. The number of aromatic amines is 1. The Morgan fingerprint density at radius 3 is 2.81 bits per heavy atom. The van der Waals surface area contributed by atoms with Gasteiger partial charge in [-0.1, -0.05) is 23.7 Å². The van der Waals surface area contributed by atoms with E-state index in [4.69, 9.17) is 22.1 Å². The van der Waals surface area contributed by atoms with Crippen LogP contribution in [0.4, 0.5) is 5.69 Å². The highest BCUT2D eigenvalue weighted by Crippen LogP contribution is 2.29. The van der Waals surface area contributed by atoms with E-state index in [1.807, 2.05) is 0 Å². The third kappa shape index (κ3) is 1.99. The fourth-order valence-electron chi connectivity index (χ4n) is 1.13. The van der Waals surface area contributed by atoms with Gasteiger partial charge >= 0.3 is 0 Å². The molecule has 2 aromatic rings. The van der Waals surface area contributed by atoms with E-state index >= 15 is 0 Å². The quantitative estimate of drug-likeness (QED) is 0.781. The van der Waals surface area contributed by atoms with Crippen molar-refractivity contribution in [2.75, 3.05) is 5.73 Å². The second-order valence-electron chi connectivity index (χ2n) is 3.02. The van der Waals surface area contributed by atoms with Crippen LogP contribution in [-0.4, -0.2) is 10.2 Å². The Morgan fingerprint density at radius 2 is 2.06 bits per heavy atom. The van der Waals surface area contributed by atoms with Gasteiger partial charge in [0.1, 0.15) is 5.75 Å². The highest BCUT2D eigenvalue weighted by molar-refractivity contribution is 6.31. The van der Waals surface area contributed by atoms with Crippen molar-refractivity contribution in [2.45, 2.75) is 0 Å². The Balaban J connectivity index is 2.38. The Labute approximate surface area is 95.8 Å². The number of halogens is 1. The van der Waals surface area contributed by atoms with Gasteiger partial charge in [-0.2, -0.15) is 5.10 Å². The number of para-hydroxylation sites is 2. The van der Waals surface area contributed by atoms with Gasteiger partial charge in [0.05, 0.1) is 11.9 Å². The monoisotopic (exact) mass is 237 g/mol. The number of nitrogens with two attached hydrogens (primary N) is 1. The first kappa shape index (κ1) is 10.5. The number of aromatic nitrogens is 2. The maximum Gasteiger partial charge on any atom is 0.286 e. The minimum Gasteiger partial charge on any atom is -0.452 e. The van der Waals surface area contributed by atoms with Crippen LogP contribution in [0, 0.1) is 0 Å². The Morgan fingerprint density at radius 1 is 1.31 bits per heavy atom. The van der Waals surface area contributed by atoms with Crippen molar-refractivity contribution in [3.05, 3.63) is 45.8 Å². The molecule has 0 fully saturated rings. The summed E-state index contributed by atoms with van der Waals surface area (Å²) < 4.78 is 5.38. The number of ether oxygens (including phenoxy) is 1. The number of H-pyrrole nitrogens is 1. The maximum absolute atomic E-state index is 11.2. The lowest BCUT2D eigenvalue weighted by molar-refractivity contribution is 0.480. The van der Waals surface area contributed by atoms with E-state index in [-0.39, 0.29) is 10.8 Å². The smallest absolute Gasteiger partial charge is 0.286 e. The molecule has 0 radical (unpaired) electrons. The Kier molecular flexibility index (Phi) is 2.78. The van der Waals surface area contributed by atoms with Gasteiger partial charge in [-0.15, -0.1) is 0 Å². The zero-order chi connectivity index (χ0) is 11.5. The maximum atomic E-state index is 11.2. The van der Waals surface area contributed by atoms with Gasteiger partial charge < -0.3 is 10.5 Å². The molecule has 0 unspecified atom stereocenters. The van der Waals surface area contributed by atoms with Crippen molar-refractivity contribution in [1.29, 1.82) is 0 Å². The molecule has 0 bridgehead atoms. The molecule has 0 amide bonds. The molecule has 3 N–H and O–H groups in total. The third-order valence-electron chi connectivity index (χ3n) is 1.90. The molecule has 0 atom stereocenters. The van der Waals surface area contributed by atoms with Gasteiger partial charge in [0.25, 0.3) is 5.56 Å². The lowest BCUT2D eigenvalue weighted by Gasteiger charge is -2.07. The van der Waals surface area contributed by atoms with Crippen LogP contribution in [0.2, 0.25) is 5.02 Å². The summed E-state index contributed by atoms with van der Waals surface area (Å²) in [6.45, 7) is 0. The molecule has 16 heavy (non-hydrogen) atoms. The summed E-state index contributed by atoms with van der Waals surface area (Å²) in [5.41, 5.74) is 5.63. The molecule has 5 nitrogen and oxygen atoms in total. The molecular weight excluding hydrogens is 230 g/mol. The predicted octanol–water partition coefficient (Wildman–Crippen LogP) is 1.80. The summed E-state index contributed by atoms with van der Waals surface area (Å²) >= 11 is 5.75. The minimum atomic E-state index is -0.506. The van der Waals surface area contributed by atoms with Gasteiger partial charge in [0.2, 0.25) is 0 Å². The molecule has 6 heteroatoms. The molecule has 0 saturated carbocycles. The average molecular weight is 238 g/mol. The zero-order valence-corrected chi connectivity index (χ0v) is 8.86. The summed E-state index contributed by atoms with van der Waals surface area (Å²) in [6, 6.07) is 6.90. The van der Waals surface area contributed by atoms with Gasteiger partial charge in [-0.25, -0.2) is 5.10 Å². The molecule has 1 aromatic heterocycles. The van der Waals surface area contributed by atoms with Gasteiger partial charge in [-0.3, -0.25) is 4.79 Å². The number of hydrogen-bond acceptors (Lipinski definition) is 4. The van der Waals surface area contributed by atoms with Crippen LogP contribution in [0.5, 0.6) is 11.5 Å². The Hall–Kier alpha value is -2.01. The third-order valence-corrected chi connectivity index (χ3v) is 2.26. The molecule has 1 heterocycles. The van der Waals surface area contributed by atoms with Gasteiger partial charge in [0.15, 0.2) is 10.8 Å². The second-order valence-corrected chi connectivity index (χ2v) is 3.40. The van der Waals surface area contributed by atoms with Crippen LogP contribution in [0.3, 0.4) is 0 Å². The highest BCUT2D eigenvalue weighted by Gasteiger charge is 2.08. The number of benzene rings is 1. The summed E-state index contributed by atoms with van der Waals surface area (Å²) in [6.07, 6.45) is 1.32. The highest BCUT2D eigenvalue weighted by atomic mass is 35.5. The second kappa shape index (κ2) is 4.24. The molecule has 1 aromatic carbocycles. The fraction of sp³-hybridized carbons (Fsp3) is 0. The zero-order valence-electron chi connectivity index (χ0n) is 8.11. The van der Waals surface area contributed by atoms with E-state index in [0.717, 1.165) is 0 Å². The lowest BCUT2D eigenvalue weighted by atomic mass is 10.3. The number of rotatable bonds is 2. The topological polar surface area (TPSA) is 81.0 Å². The van der Waals surface area contributed by atoms with Crippen molar-refractivity contribution in [3.8, 4) is 11.5 Å². The summed E-state index contributed by atoms with van der Waals surface area (Å²) in [4.78, 5) is 11.2. The molecule has 2 rings (SSSR count). The van der Waals surface area contributed by atoms with E-state index < -0.39 is 5.56 Å². The molecule has 0 aliphatic carbocycles. The van der Waals surface area contributed by atoms with Crippen molar-refractivity contribution in [3.63, 3.8) is 0 Å². The van der Waals surface area contributed by atoms with Gasteiger partial charge in [0, 0.05) is 0 Å². The van der Waals surface area contributed by atoms with Crippen LogP contribution in [0.1, 0.15) is 0 Å². The normalized spacial score (nSPS) is 10.1. The molecule has 0 spiro atoms. The van der Waals surface area contributed by atoms with Gasteiger partial charge in [-0.05, 0) is 12.1 Å². The van der Waals surface area contributed by atoms with Crippen molar-refractivity contribution in [1.82, 2.24) is 10.2 Å². The first-order chi connectivity index (χ1) is 7.68. The largest absolute Gasteiger partial charge is 0.452 e. The molecule has 0 saturated heterocycles. The number of anilines is 1. The fourth-order valence-corrected chi connectivity index (χ4v) is 1.26. The van der Waals surface area contributed by atoms with Crippen LogP contribution in [-0.2, 0) is 0 Å². The van der Waals surface area contributed by atoms with E-state index in [1.54, 1.807) is 24.3 Å². The van der Waals surface area contributed by atoms with Crippen LogP contribution >= 0.6 is 11.6 Å². The minimum absolute atomic E-state index is 0.0572. The van der Waals surface area contributed by atoms with Crippen LogP contribution < -0.4 is 16.0 Å². The standard InChI is InChI=1S/C10H8ClN3O2/c11-9-8(5-13-14-10(9)15)16-7-4-2-1-3-6(7)12/h1-5H,12H2,(H,14,15). The van der Waals surface area contributed by atoms with E-state index in [9.17, 15) is 4.79 Å². The van der Waals surface area contributed by atoms with E-state index in [1.165, 1.54) is 6.20 Å². The molecule has 0 aliphatic rings.